The highest BCUT2D eigenvalue weighted by Crippen LogP contribution is 2.03. The first kappa shape index (κ1) is 13.3. The molecule has 0 aliphatic rings. The third-order valence-electron chi connectivity index (χ3n) is 1.82. The molecule has 1 aromatic carbocycles. The zero-order chi connectivity index (χ0) is 10.6. The Labute approximate surface area is 87.4 Å². The van der Waals surface area contributed by atoms with Crippen molar-refractivity contribution in [1.29, 1.82) is 0 Å². The van der Waals surface area contributed by atoms with Gasteiger partial charge in [0.1, 0.15) is 0 Å². The lowest BCUT2D eigenvalue weighted by molar-refractivity contribution is -0.118. The number of nitrogens with two attached hydrogens (primary N) is 2. The Hall–Kier alpha value is -1.72. The number of carbonyl (C=O) groups is 2. The van der Waals surface area contributed by atoms with Gasteiger partial charge in [-0.3, -0.25) is 9.59 Å². The van der Waals surface area contributed by atoms with Crippen molar-refractivity contribution in [3.8, 4) is 0 Å². The summed E-state index contributed by atoms with van der Waals surface area (Å²) in [5, 5.41) is 0. The SMILES string of the molecule is NC(=O)CC(N)C(=O)c1ccccc1.O. The summed E-state index contributed by atoms with van der Waals surface area (Å²) in [5.74, 6) is -0.828. The van der Waals surface area contributed by atoms with E-state index in [9.17, 15) is 9.59 Å². The molecule has 0 saturated carbocycles. The molecule has 6 N–H and O–H groups in total. The first-order chi connectivity index (χ1) is 6.61. The molecule has 0 bridgehead atoms. The standard InChI is InChI=1S/C10H12N2O2.H2O/c11-8(6-9(12)13)10(14)7-4-2-1-3-5-7;/h1-5,8H,6,11H2,(H2,12,13);1H2. The fraction of sp³-hybridized carbons (Fsp3) is 0.200. The Morgan fingerprint density at radius 3 is 2.20 bits per heavy atom. The number of amides is 1. The molecule has 0 fully saturated rings. The number of hydrogen-bond donors (Lipinski definition) is 2. The number of benzene rings is 1. The van der Waals surface area contributed by atoms with Crippen LogP contribution >= 0.6 is 0 Å². The molecular weight excluding hydrogens is 196 g/mol. The van der Waals surface area contributed by atoms with Crippen molar-refractivity contribution >= 4 is 11.7 Å². The molecule has 1 amide bonds. The van der Waals surface area contributed by atoms with Gasteiger partial charge in [-0.25, -0.2) is 0 Å². The van der Waals surface area contributed by atoms with E-state index in [1.54, 1.807) is 30.3 Å². The van der Waals surface area contributed by atoms with Crippen molar-refractivity contribution in [1.82, 2.24) is 0 Å². The Bertz CT molecular complexity index is 338. The van der Waals surface area contributed by atoms with Crippen molar-refractivity contribution in [2.75, 3.05) is 0 Å². The van der Waals surface area contributed by atoms with Crippen LogP contribution in [-0.2, 0) is 4.79 Å². The normalized spacial score (nSPS) is 11.3. The first-order valence-corrected chi connectivity index (χ1v) is 4.24. The highest BCUT2D eigenvalue weighted by atomic mass is 16.1. The molecule has 1 atom stereocenters. The fourth-order valence-corrected chi connectivity index (χ4v) is 1.13. The van der Waals surface area contributed by atoms with Gasteiger partial charge in [-0.2, -0.15) is 0 Å². The summed E-state index contributed by atoms with van der Waals surface area (Å²) in [4.78, 5) is 22.1. The van der Waals surface area contributed by atoms with Crippen molar-refractivity contribution in [3.05, 3.63) is 35.9 Å². The lowest BCUT2D eigenvalue weighted by atomic mass is 10.0. The summed E-state index contributed by atoms with van der Waals surface area (Å²) < 4.78 is 0. The quantitative estimate of drug-likeness (QED) is 0.636. The van der Waals surface area contributed by atoms with Crippen LogP contribution in [0.3, 0.4) is 0 Å². The van der Waals surface area contributed by atoms with Crippen molar-refractivity contribution in [3.63, 3.8) is 0 Å². The molecule has 15 heavy (non-hydrogen) atoms. The monoisotopic (exact) mass is 210 g/mol. The summed E-state index contributed by atoms with van der Waals surface area (Å²) in [7, 11) is 0. The molecule has 1 unspecified atom stereocenters. The number of ketones is 1. The minimum Gasteiger partial charge on any atom is -0.412 e. The summed E-state index contributed by atoms with van der Waals surface area (Å²) in [6, 6.07) is 7.76. The summed E-state index contributed by atoms with van der Waals surface area (Å²) in [5.41, 5.74) is 10.9. The van der Waals surface area contributed by atoms with Gasteiger partial charge in [-0.1, -0.05) is 30.3 Å². The lowest BCUT2D eigenvalue weighted by Gasteiger charge is -2.07. The van der Waals surface area contributed by atoms with E-state index in [0.29, 0.717) is 5.56 Å². The van der Waals surface area contributed by atoms with Crippen LogP contribution in [0.2, 0.25) is 0 Å². The number of rotatable bonds is 4. The highest BCUT2D eigenvalue weighted by Gasteiger charge is 2.16. The van der Waals surface area contributed by atoms with Crippen LogP contribution in [0.1, 0.15) is 16.8 Å². The lowest BCUT2D eigenvalue weighted by Crippen LogP contribution is -2.35. The van der Waals surface area contributed by atoms with Gasteiger partial charge in [0.15, 0.2) is 5.78 Å². The molecule has 0 spiro atoms. The fourth-order valence-electron chi connectivity index (χ4n) is 1.13. The number of primary amides is 1. The second kappa shape index (κ2) is 5.90. The summed E-state index contributed by atoms with van der Waals surface area (Å²) in [6.07, 6.45) is -0.117. The van der Waals surface area contributed by atoms with Crippen LogP contribution in [0, 0.1) is 0 Å². The van der Waals surface area contributed by atoms with Crippen molar-refractivity contribution < 1.29 is 15.1 Å². The Morgan fingerprint density at radius 1 is 1.20 bits per heavy atom. The van der Waals surface area contributed by atoms with Crippen molar-refractivity contribution in [2.45, 2.75) is 12.5 Å². The predicted octanol–water partition coefficient (Wildman–Crippen LogP) is -0.753. The van der Waals surface area contributed by atoms with E-state index in [1.807, 2.05) is 0 Å². The van der Waals surface area contributed by atoms with E-state index in [1.165, 1.54) is 0 Å². The molecular formula is C10H14N2O3. The van der Waals surface area contributed by atoms with Gasteiger partial charge >= 0.3 is 0 Å². The van der Waals surface area contributed by atoms with Crippen LogP contribution < -0.4 is 11.5 Å². The highest BCUT2D eigenvalue weighted by molar-refractivity contribution is 6.01. The van der Waals surface area contributed by atoms with Gasteiger partial charge in [-0.05, 0) is 0 Å². The summed E-state index contributed by atoms with van der Waals surface area (Å²) in [6.45, 7) is 0. The van der Waals surface area contributed by atoms with E-state index in [4.69, 9.17) is 11.5 Å². The van der Waals surface area contributed by atoms with Gasteiger partial charge in [0.05, 0.1) is 6.04 Å². The average molecular weight is 210 g/mol. The molecule has 0 aromatic heterocycles. The molecule has 0 heterocycles. The smallest absolute Gasteiger partial charge is 0.219 e. The van der Waals surface area contributed by atoms with E-state index in [0.717, 1.165) is 0 Å². The summed E-state index contributed by atoms with van der Waals surface area (Å²) >= 11 is 0. The van der Waals surface area contributed by atoms with Gasteiger partial charge in [0.25, 0.3) is 0 Å². The van der Waals surface area contributed by atoms with Gasteiger partial charge < -0.3 is 16.9 Å². The molecule has 1 rings (SSSR count). The van der Waals surface area contributed by atoms with Crippen LogP contribution in [-0.4, -0.2) is 23.2 Å². The Morgan fingerprint density at radius 2 is 1.73 bits per heavy atom. The molecule has 0 aliphatic carbocycles. The topological polar surface area (TPSA) is 118 Å². The van der Waals surface area contributed by atoms with Gasteiger partial charge in [-0.15, -0.1) is 0 Å². The van der Waals surface area contributed by atoms with Crippen molar-refractivity contribution in [2.24, 2.45) is 11.5 Å². The molecule has 82 valence electrons. The minimum atomic E-state index is -0.838. The maximum Gasteiger partial charge on any atom is 0.219 e. The average Bonchev–Trinajstić information content (AvgIpc) is 2.17. The van der Waals surface area contributed by atoms with Crippen LogP contribution in [0.25, 0.3) is 0 Å². The molecule has 0 radical (unpaired) electrons. The molecule has 1 aromatic rings. The minimum absolute atomic E-state index is 0. The maximum absolute atomic E-state index is 11.5. The maximum atomic E-state index is 11.5. The van der Waals surface area contributed by atoms with Crippen LogP contribution in [0.15, 0.2) is 30.3 Å². The Kier molecular flexibility index (Phi) is 5.22. The molecule has 0 aliphatic heterocycles. The van der Waals surface area contributed by atoms with Crippen LogP contribution in [0.4, 0.5) is 0 Å². The van der Waals surface area contributed by atoms with Gasteiger partial charge in [0.2, 0.25) is 5.91 Å². The largest absolute Gasteiger partial charge is 0.412 e. The molecule has 5 nitrogen and oxygen atoms in total. The second-order valence-corrected chi connectivity index (χ2v) is 3.01. The van der Waals surface area contributed by atoms with Crippen LogP contribution in [0.5, 0.6) is 0 Å². The van der Waals surface area contributed by atoms with E-state index >= 15 is 0 Å². The molecule has 0 saturated heterocycles. The number of hydrogen-bond acceptors (Lipinski definition) is 3. The third-order valence-corrected chi connectivity index (χ3v) is 1.82. The zero-order valence-electron chi connectivity index (χ0n) is 8.14. The zero-order valence-corrected chi connectivity index (χ0v) is 8.14. The van der Waals surface area contributed by atoms with Gasteiger partial charge in [0, 0.05) is 12.0 Å². The van der Waals surface area contributed by atoms with E-state index < -0.39 is 11.9 Å². The second-order valence-electron chi connectivity index (χ2n) is 3.01. The molecule has 5 heteroatoms. The predicted molar refractivity (Wildman–Crippen MR) is 56.2 cm³/mol. The van der Waals surface area contributed by atoms with E-state index in [2.05, 4.69) is 0 Å². The third kappa shape index (κ3) is 3.88. The Balaban J connectivity index is 0.00000196. The number of carbonyl (C=O) groups excluding carboxylic acids is 2. The van der Waals surface area contributed by atoms with E-state index in [-0.39, 0.29) is 17.7 Å². The number of Topliss-reactive ketones (excluding diaryl/α,β-unsaturated/α-hetero) is 1. The first-order valence-electron chi connectivity index (χ1n) is 4.24.